The predicted molar refractivity (Wildman–Crippen MR) is 79.2 cm³/mol. The van der Waals surface area contributed by atoms with Gasteiger partial charge in [-0.1, -0.05) is 12.1 Å². The minimum atomic E-state index is -0.288. The number of hydrogen-bond acceptors (Lipinski definition) is 3. The van der Waals surface area contributed by atoms with E-state index in [2.05, 4.69) is 10.3 Å². The van der Waals surface area contributed by atoms with E-state index in [0.717, 1.165) is 11.3 Å². The van der Waals surface area contributed by atoms with Gasteiger partial charge in [0.2, 0.25) is 5.91 Å². The number of fused-ring (bicyclic) bond motifs is 1. The van der Waals surface area contributed by atoms with Crippen LogP contribution in [0.3, 0.4) is 0 Å². The van der Waals surface area contributed by atoms with Crippen LogP contribution in [0.5, 0.6) is 0 Å². The lowest BCUT2D eigenvalue weighted by Gasteiger charge is -2.17. The van der Waals surface area contributed by atoms with Gasteiger partial charge < -0.3 is 10.2 Å². The Morgan fingerprint density at radius 1 is 1.38 bits per heavy atom. The molecule has 1 aromatic carbocycles. The molecule has 0 fully saturated rings. The SMILES string of the molecule is CC(=O)N1CCNc2cc(-c3ccccc3F)ncc2C1. The van der Waals surface area contributed by atoms with Crippen LogP contribution in [0.2, 0.25) is 0 Å². The van der Waals surface area contributed by atoms with Crippen LogP contribution in [0.4, 0.5) is 10.1 Å². The fourth-order valence-corrected chi connectivity index (χ4v) is 2.47. The maximum Gasteiger partial charge on any atom is 0.219 e. The van der Waals surface area contributed by atoms with Gasteiger partial charge in [-0.15, -0.1) is 0 Å². The van der Waals surface area contributed by atoms with Crippen LogP contribution < -0.4 is 5.32 Å². The van der Waals surface area contributed by atoms with E-state index in [1.54, 1.807) is 36.2 Å². The smallest absolute Gasteiger partial charge is 0.219 e. The standard InChI is InChI=1S/C16H16FN3O/c1-11(21)20-7-6-18-15-8-16(19-9-12(15)10-20)13-4-2-3-5-14(13)17/h2-5,8-9,18H,6-7,10H2,1H3. The van der Waals surface area contributed by atoms with Crippen LogP contribution >= 0.6 is 0 Å². The Labute approximate surface area is 122 Å². The third kappa shape index (κ3) is 2.72. The highest BCUT2D eigenvalue weighted by Crippen LogP contribution is 2.27. The van der Waals surface area contributed by atoms with E-state index in [4.69, 9.17) is 0 Å². The van der Waals surface area contributed by atoms with Crippen LogP contribution in [0.25, 0.3) is 11.3 Å². The molecule has 0 atom stereocenters. The summed E-state index contributed by atoms with van der Waals surface area (Å²) in [6.07, 6.45) is 1.71. The van der Waals surface area contributed by atoms with Crippen LogP contribution in [0, 0.1) is 5.82 Å². The summed E-state index contributed by atoms with van der Waals surface area (Å²) in [6.45, 7) is 3.42. The zero-order chi connectivity index (χ0) is 14.8. The van der Waals surface area contributed by atoms with Crippen molar-refractivity contribution in [3.05, 3.63) is 47.9 Å². The Balaban J connectivity index is 1.97. The molecule has 1 amide bonds. The fourth-order valence-electron chi connectivity index (χ4n) is 2.47. The first-order chi connectivity index (χ1) is 10.1. The largest absolute Gasteiger partial charge is 0.383 e. The van der Waals surface area contributed by atoms with Gasteiger partial charge in [-0.3, -0.25) is 9.78 Å². The number of aromatic nitrogens is 1. The Hall–Kier alpha value is -2.43. The topological polar surface area (TPSA) is 45.2 Å². The van der Waals surface area contributed by atoms with Crippen LogP contribution in [-0.4, -0.2) is 28.9 Å². The van der Waals surface area contributed by atoms with Crippen molar-refractivity contribution in [1.82, 2.24) is 9.88 Å². The summed E-state index contributed by atoms with van der Waals surface area (Å²) in [5, 5.41) is 3.28. The second-order valence-corrected chi connectivity index (χ2v) is 5.07. The minimum absolute atomic E-state index is 0.0443. The van der Waals surface area contributed by atoms with Crippen molar-refractivity contribution in [3.63, 3.8) is 0 Å². The van der Waals surface area contributed by atoms with Gasteiger partial charge in [0, 0.05) is 49.6 Å². The number of carbonyl (C=O) groups is 1. The third-order valence-corrected chi connectivity index (χ3v) is 3.64. The first-order valence-corrected chi connectivity index (χ1v) is 6.88. The molecule has 1 N–H and O–H groups in total. The molecular formula is C16H16FN3O. The molecule has 108 valence electrons. The average Bonchev–Trinajstić information content (AvgIpc) is 2.69. The highest BCUT2D eigenvalue weighted by Gasteiger charge is 2.17. The molecule has 2 aromatic rings. The van der Waals surface area contributed by atoms with Gasteiger partial charge in [-0.25, -0.2) is 4.39 Å². The normalized spacial score (nSPS) is 14.1. The van der Waals surface area contributed by atoms with Crippen molar-refractivity contribution in [2.24, 2.45) is 0 Å². The number of hydrogen-bond donors (Lipinski definition) is 1. The van der Waals surface area contributed by atoms with E-state index in [-0.39, 0.29) is 11.7 Å². The number of nitrogens with one attached hydrogen (secondary N) is 1. The Bertz CT molecular complexity index is 687. The van der Waals surface area contributed by atoms with E-state index >= 15 is 0 Å². The summed E-state index contributed by atoms with van der Waals surface area (Å²) in [4.78, 5) is 17.6. The monoisotopic (exact) mass is 285 g/mol. The Kier molecular flexibility index (Phi) is 3.56. The van der Waals surface area contributed by atoms with Crippen molar-refractivity contribution in [1.29, 1.82) is 0 Å². The zero-order valence-electron chi connectivity index (χ0n) is 11.8. The summed E-state index contributed by atoms with van der Waals surface area (Å²) in [6, 6.07) is 8.43. The van der Waals surface area contributed by atoms with Gasteiger partial charge in [-0.2, -0.15) is 0 Å². The summed E-state index contributed by atoms with van der Waals surface area (Å²) in [7, 11) is 0. The Morgan fingerprint density at radius 3 is 2.95 bits per heavy atom. The molecule has 0 radical (unpaired) electrons. The highest BCUT2D eigenvalue weighted by molar-refractivity contribution is 5.74. The second-order valence-electron chi connectivity index (χ2n) is 5.07. The molecule has 0 saturated carbocycles. The molecule has 4 nitrogen and oxygen atoms in total. The maximum absolute atomic E-state index is 13.8. The lowest BCUT2D eigenvalue weighted by Crippen LogP contribution is -2.30. The van der Waals surface area contributed by atoms with Crippen molar-refractivity contribution >= 4 is 11.6 Å². The number of nitrogens with zero attached hydrogens (tertiary/aromatic N) is 2. The molecule has 2 heterocycles. The Morgan fingerprint density at radius 2 is 2.19 bits per heavy atom. The van der Waals surface area contributed by atoms with Crippen LogP contribution in [-0.2, 0) is 11.3 Å². The van der Waals surface area contributed by atoms with Gasteiger partial charge in [0.1, 0.15) is 5.82 Å². The number of benzene rings is 1. The predicted octanol–water partition coefficient (Wildman–Crippen LogP) is 2.66. The number of rotatable bonds is 1. The quantitative estimate of drug-likeness (QED) is 0.876. The molecule has 1 aliphatic rings. The van der Waals surface area contributed by atoms with Gasteiger partial charge in [0.25, 0.3) is 0 Å². The van der Waals surface area contributed by atoms with Gasteiger partial charge in [0.15, 0.2) is 0 Å². The lowest BCUT2D eigenvalue weighted by molar-refractivity contribution is -0.129. The lowest BCUT2D eigenvalue weighted by atomic mass is 10.1. The molecule has 0 bridgehead atoms. The summed E-state index contributed by atoms with van der Waals surface area (Å²) < 4.78 is 13.8. The van der Waals surface area contributed by atoms with E-state index in [1.807, 2.05) is 6.07 Å². The third-order valence-electron chi connectivity index (χ3n) is 3.64. The molecule has 0 spiro atoms. The number of amides is 1. The number of halogens is 1. The molecule has 21 heavy (non-hydrogen) atoms. The summed E-state index contributed by atoms with van der Waals surface area (Å²) in [5.74, 6) is -0.244. The van der Waals surface area contributed by atoms with Crippen molar-refractivity contribution < 1.29 is 9.18 Å². The van der Waals surface area contributed by atoms with Crippen LogP contribution in [0.15, 0.2) is 36.5 Å². The highest BCUT2D eigenvalue weighted by atomic mass is 19.1. The number of carbonyl (C=O) groups excluding carboxylic acids is 1. The van der Waals surface area contributed by atoms with Gasteiger partial charge in [0.05, 0.1) is 5.69 Å². The molecule has 5 heteroatoms. The first kappa shape index (κ1) is 13.5. The van der Waals surface area contributed by atoms with E-state index in [9.17, 15) is 9.18 Å². The summed E-state index contributed by atoms with van der Waals surface area (Å²) >= 11 is 0. The minimum Gasteiger partial charge on any atom is -0.383 e. The number of pyridine rings is 1. The average molecular weight is 285 g/mol. The van der Waals surface area contributed by atoms with Crippen LogP contribution in [0.1, 0.15) is 12.5 Å². The van der Waals surface area contributed by atoms with E-state index in [1.165, 1.54) is 6.07 Å². The van der Waals surface area contributed by atoms with Gasteiger partial charge in [-0.05, 0) is 18.2 Å². The molecule has 3 rings (SSSR count). The maximum atomic E-state index is 13.8. The second kappa shape index (κ2) is 5.52. The van der Waals surface area contributed by atoms with E-state index < -0.39 is 0 Å². The molecule has 0 saturated heterocycles. The van der Waals surface area contributed by atoms with Crippen molar-refractivity contribution in [3.8, 4) is 11.3 Å². The zero-order valence-corrected chi connectivity index (χ0v) is 11.8. The molecular weight excluding hydrogens is 269 g/mol. The van der Waals surface area contributed by atoms with Crippen molar-refractivity contribution in [2.45, 2.75) is 13.5 Å². The fraction of sp³-hybridized carbons (Fsp3) is 0.250. The van der Waals surface area contributed by atoms with Crippen molar-refractivity contribution in [2.75, 3.05) is 18.4 Å². The van der Waals surface area contributed by atoms with Gasteiger partial charge >= 0.3 is 0 Å². The molecule has 0 unspecified atom stereocenters. The summed E-state index contributed by atoms with van der Waals surface area (Å²) in [5.41, 5.74) is 2.93. The molecule has 1 aliphatic heterocycles. The number of anilines is 1. The molecule has 0 aliphatic carbocycles. The molecule has 1 aromatic heterocycles. The first-order valence-electron chi connectivity index (χ1n) is 6.88. The van der Waals surface area contributed by atoms with E-state index in [0.29, 0.717) is 30.9 Å².